The topological polar surface area (TPSA) is 69.0 Å². The van der Waals surface area contributed by atoms with Gasteiger partial charge in [0.15, 0.2) is 5.16 Å². The second-order valence-electron chi connectivity index (χ2n) is 8.39. The van der Waals surface area contributed by atoms with E-state index in [2.05, 4.69) is 15.5 Å². The first-order chi connectivity index (χ1) is 18.0. The van der Waals surface area contributed by atoms with Gasteiger partial charge in [0.05, 0.1) is 12.8 Å². The fourth-order valence-corrected chi connectivity index (χ4v) is 5.03. The minimum atomic E-state index is -0.243. The zero-order valence-electron chi connectivity index (χ0n) is 20.5. The van der Waals surface area contributed by atoms with Gasteiger partial charge in [0.1, 0.15) is 17.4 Å². The van der Waals surface area contributed by atoms with E-state index < -0.39 is 0 Å². The van der Waals surface area contributed by atoms with Gasteiger partial charge in [-0.05, 0) is 48.7 Å². The Morgan fingerprint density at radius 1 is 1.03 bits per heavy atom. The number of aryl methyl sites for hydroxylation is 1. The highest BCUT2D eigenvalue weighted by Crippen LogP contribution is 2.28. The molecule has 0 bridgehead atoms. The Labute approximate surface area is 225 Å². The number of hydrogen-bond acceptors (Lipinski definition) is 5. The first-order valence-electron chi connectivity index (χ1n) is 12.0. The lowest BCUT2D eigenvalue weighted by molar-refractivity contribution is -0.121. The maximum atomic E-state index is 14.1. The monoisotopic (exact) mass is 538 g/mol. The number of nitrogens with one attached hydrogen (secondary N) is 1. The number of para-hydroxylation sites is 1. The molecule has 192 valence electrons. The van der Waals surface area contributed by atoms with E-state index in [0.717, 1.165) is 29.2 Å². The molecule has 0 spiro atoms. The number of carbonyl (C=O) groups is 1. The largest absolute Gasteiger partial charge is 0.496 e. The van der Waals surface area contributed by atoms with E-state index in [-0.39, 0.29) is 11.7 Å². The molecule has 4 aromatic rings. The Morgan fingerprint density at radius 3 is 2.59 bits per heavy atom. The van der Waals surface area contributed by atoms with Crippen molar-refractivity contribution >= 4 is 29.3 Å². The lowest BCUT2D eigenvalue weighted by atomic mass is 10.1. The van der Waals surface area contributed by atoms with Crippen molar-refractivity contribution in [3.8, 4) is 11.4 Å². The predicted molar refractivity (Wildman–Crippen MR) is 145 cm³/mol. The number of nitrogens with zero attached hydrogens (tertiary/aromatic N) is 3. The van der Waals surface area contributed by atoms with Crippen LogP contribution in [0.15, 0.2) is 78.0 Å². The van der Waals surface area contributed by atoms with Crippen LogP contribution in [-0.2, 0) is 23.5 Å². The first-order valence-corrected chi connectivity index (χ1v) is 13.4. The summed E-state index contributed by atoms with van der Waals surface area (Å²) in [7, 11) is 1.62. The Balaban J connectivity index is 1.36. The smallest absolute Gasteiger partial charge is 0.220 e. The van der Waals surface area contributed by atoms with Gasteiger partial charge >= 0.3 is 0 Å². The lowest BCUT2D eigenvalue weighted by Gasteiger charge is -2.11. The van der Waals surface area contributed by atoms with E-state index >= 15 is 0 Å². The van der Waals surface area contributed by atoms with Crippen molar-refractivity contribution in [3.05, 3.63) is 101 Å². The molecule has 1 heterocycles. The van der Waals surface area contributed by atoms with Gasteiger partial charge in [-0.1, -0.05) is 65.8 Å². The van der Waals surface area contributed by atoms with Gasteiger partial charge in [-0.25, -0.2) is 4.39 Å². The number of benzene rings is 3. The predicted octanol–water partition coefficient (Wildman–Crippen LogP) is 6.39. The highest BCUT2D eigenvalue weighted by molar-refractivity contribution is 7.98. The van der Waals surface area contributed by atoms with Crippen LogP contribution in [0.5, 0.6) is 5.75 Å². The Kier molecular flexibility index (Phi) is 9.57. The van der Waals surface area contributed by atoms with Crippen molar-refractivity contribution in [2.45, 2.75) is 43.1 Å². The van der Waals surface area contributed by atoms with Crippen LogP contribution in [-0.4, -0.2) is 27.8 Å². The fraction of sp³-hybridized carbons (Fsp3) is 0.250. The Morgan fingerprint density at radius 2 is 1.81 bits per heavy atom. The third kappa shape index (κ3) is 7.33. The van der Waals surface area contributed by atoms with Crippen LogP contribution in [0.25, 0.3) is 5.69 Å². The molecular formula is C28H28ClFN4O2S. The van der Waals surface area contributed by atoms with Crippen LogP contribution in [0.2, 0.25) is 5.02 Å². The summed E-state index contributed by atoms with van der Waals surface area (Å²) in [4.78, 5) is 12.4. The molecule has 0 aliphatic rings. The van der Waals surface area contributed by atoms with Crippen LogP contribution >= 0.6 is 23.4 Å². The standard InChI is InChI=1S/C28H28ClFN4O2S/c1-36-25-14-5-3-9-20(25)18-31-27(35)16-7-6-15-26-32-33-28(34(26)23-12-8-11-22(29)17-23)37-19-21-10-2-4-13-24(21)30/h2-5,8-14,17H,6-7,15-16,18-19H2,1H3,(H,31,35). The van der Waals surface area contributed by atoms with E-state index in [0.29, 0.717) is 47.3 Å². The van der Waals surface area contributed by atoms with Gasteiger partial charge < -0.3 is 10.1 Å². The van der Waals surface area contributed by atoms with E-state index in [4.69, 9.17) is 16.3 Å². The van der Waals surface area contributed by atoms with Crippen LogP contribution in [0.1, 0.15) is 36.2 Å². The van der Waals surface area contributed by atoms with Gasteiger partial charge in [0.2, 0.25) is 5.91 Å². The Hall–Kier alpha value is -3.36. The molecule has 0 atom stereocenters. The molecule has 0 aliphatic carbocycles. The summed E-state index contributed by atoms with van der Waals surface area (Å²) in [5.74, 6) is 1.70. The normalized spacial score (nSPS) is 10.9. The number of ether oxygens (including phenoxy) is 1. The van der Waals surface area contributed by atoms with E-state index in [1.165, 1.54) is 17.8 Å². The maximum absolute atomic E-state index is 14.1. The maximum Gasteiger partial charge on any atom is 0.220 e. The fourth-order valence-electron chi connectivity index (χ4n) is 3.89. The number of rotatable bonds is 12. The van der Waals surface area contributed by atoms with E-state index in [1.54, 1.807) is 19.2 Å². The highest BCUT2D eigenvalue weighted by Gasteiger charge is 2.16. The van der Waals surface area contributed by atoms with Gasteiger partial charge in [0, 0.05) is 35.7 Å². The molecule has 0 saturated heterocycles. The molecule has 1 amide bonds. The molecule has 3 aromatic carbocycles. The molecule has 0 aliphatic heterocycles. The number of amides is 1. The average molecular weight is 539 g/mol. The van der Waals surface area contributed by atoms with Crippen molar-refractivity contribution in [1.29, 1.82) is 0 Å². The molecule has 0 unspecified atom stereocenters. The molecule has 9 heteroatoms. The highest BCUT2D eigenvalue weighted by atomic mass is 35.5. The SMILES string of the molecule is COc1ccccc1CNC(=O)CCCCc1nnc(SCc2ccccc2F)n1-c1cccc(Cl)c1. The summed E-state index contributed by atoms with van der Waals surface area (Å²) in [5.41, 5.74) is 2.39. The number of halogens is 2. The molecule has 0 radical (unpaired) electrons. The first kappa shape index (κ1) is 26.7. The molecule has 6 nitrogen and oxygen atoms in total. The van der Waals surface area contributed by atoms with Crippen molar-refractivity contribution in [3.63, 3.8) is 0 Å². The number of thioether (sulfide) groups is 1. The molecular weight excluding hydrogens is 511 g/mol. The van der Waals surface area contributed by atoms with Crippen LogP contribution < -0.4 is 10.1 Å². The van der Waals surface area contributed by atoms with Gasteiger partial charge in [-0.3, -0.25) is 9.36 Å². The van der Waals surface area contributed by atoms with Gasteiger partial charge in [-0.2, -0.15) is 0 Å². The Bertz CT molecular complexity index is 1350. The van der Waals surface area contributed by atoms with Crippen LogP contribution in [0, 0.1) is 5.82 Å². The van der Waals surface area contributed by atoms with Crippen LogP contribution in [0.4, 0.5) is 4.39 Å². The summed E-state index contributed by atoms with van der Waals surface area (Å²) >= 11 is 7.67. The summed E-state index contributed by atoms with van der Waals surface area (Å²) in [5, 5.41) is 13.0. The van der Waals surface area contributed by atoms with E-state index in [9.17, 15) is 9.18 Å². The summed E-state index contributed by atoms with van der Waals surface area (Å²) in [6, 6.07) is 21.8. The molecule has 1 aromatic heterocycles. The number of hydrogen-bond donors (Lipinski definition) is 1. The minimum Gasteiger partial charge on any atom is -0.496 e. The van der Waals surface area contributed by atoms with Gasteiger partial charge in [0.25, 0.3) is 0 Å². The molecule has 1 N–H and O–H groups in total. The summed E-state index contributed by atoms with van der Waals surface area (Å²) < 4.78 is 21.4. The third-order valence-corrected chi connectivity index (χ3v) is 7.02. The van der Waals surface area contributed by atoms with E-state index in [1.807, 2.05) is 59.2 Å². The van der Waals surface area contributed by atoms with Crippen molar-refractivity contribution in [1.82, 2.24) is 20.1 Å². The number of carbonyl (C=O) groups excluding carboxylic acids is 1. The van der Waals surface area contributed by atoms with Crippen LogP contribution in [0.3, 0.4) is 0 Å². The quantitative estimate of drug-likeness (QED) is 0.167. The van der Waals surface area contributed by atoms with Crippen molar-refractivity contribution < 1.29 is 13.9 Å². The molecule has 4 rings (SSSR count). The molecule has 37 heavy (non-hydrogen) atoms. The minimum absolute atomic E-state index is 0.0108. The number of methoxy groups -OCH3 is 1. The van der Waals surface area contributed by atoms with Crippen molar-refractivity contribution in [2.24, 2.45) is 0 Å². The molecule has 0 fully saturated rings. The number of unbranched alkanes of at least 4 members (excludes halogenated alkanes) is 1. The lowest BCUT2D eigenvalue weighted by Crippen LogP contribution is -2.22. The van der Waals surface area contributed by atoms with Gasteiger partial charge in [-0.15, -0.1) is 10.2 Å². The zero-order valence-corrected chi connectivity index (χ0v) is 22.1. The third-order valence-electron chi connectivity index (χ3n) is 5.80. The van der Waals surface area contributed by atoms with Crippen molar-refractivity contribution in [2.75, 3.05) is 7.11 Å². The summed E-state index contributed by atoms with van der Waals surface area (Å²) in [6.07, 6.45) is 2.52. The second kappa shape index (κ2) is 13.3. The summed E-state index contributed by atoms with van der Waals surface area (Å²) in [6.45, 7) is 0.425. The zero-order chi connectivity index (χ0) is 26.0. The molecule has 0 saturated carbocycles. The number of aromatic nitrogens is 3. The average Bonchev–Trinajstić information content (AvgIpc) is 3.32. The second-order valence-corrected chi connectivity index (χ2v) is 9.77.